The van der Waals surface area contributed by atoms with Crippen LogP contribution in [-0.2, 0) is 17.5 Å². The van der Waals surface area contributed by atoms with E-state index in [0.717, 1.165) is 6.07 Å². The Hall–Kier alpha value is -3.10. The van der Waals surface area contributed by atoms with Gasteiger partial charge in [-0.15, -0.1) is 0 Å². The third kappa shape index (κ3) is 4.45. The van der Waals surface area contributed by atoms with Crippen LogP contribution in [0.2, 0.25) is 0 Å². The number of benzene rings is 1. The molecule has 0 aliphatic rings. The van der Waals surface area contributed by atoms with E-state index < -0.39 is 29.8 Å². The maximum atomic E-state index is 12.6. The Morgan fingerprint density at radius 2 is 1.96 bits per heavy atom. The number of pyridine rings is 1. The van der Waals surface area contributed by atoms with E-state index in [1.165, 1.54) is 12.3 Å². The van der Waals surface area contributed by atoms with E-state index in [2.05, 4.69) is 10.5 Å². The number of rotatable bonds is 4. The molecular weight excluding hydrogens is 327 g/mol. The second-order valence-electron chi connectivity index (χ2n) is 4.73. The molecule has 0 atom stereocenters. The third-order valence-corrected chi connectivity index (χ3v) is 2.95. The van der Waals surface area contributed by atoms with Crippen LogP contribution < -0.4 is 11.0 Å². The van der Waals surface area contributed by atoms with Gasteiger partial charge in [-0.2, -0.15) is 18.3 Å². The Balaban J connectivity index is 2.05. The van der Waals surface area contributed by atoms with Crippen molar-refractivity contribution in [2.45, 2.75) is 12.7 Å². The van der Waals surface area contributed by atoms with Crippen LogP contribution in [0, 0.1) is 0 Å². The summed E-state index contributed by atoms with van der Waals surface area (Å²) in [5.74, 6) is -0.840. The maximum Gasteiger partial charge on any atom is 0.417 e. The molecule has 1 amide bonds. The molecule has 0 aliphatic carbocycles. The lowest BCUT2D eigenvalue weighted by Gasteiger charge is -2.09. The summed E-state index contributed by atoms with van der Waals surface area (Å²) < 4.78 is 38.4. The first-order chi connectivity index (χ1) is 11.3. The van der Waals surface area contributed by atoms with Gasteiger partial charge in [-0.3, -0.25) is 9.59 Å². The van der Waals surface area contributed by atoms with Gasteiger partial charge in [0.1, 0.15) is 12.3 Å². The highest BCUT2D eigenvalue weighted by Crippen LogP contribution is 2.27. The van der Waals surface area contributed by atoms with Gasteiger partial charge in [0.25, 0.3) is 11.5 Å². The summed E-state index contributed by atoms with van der Waals surface area (Å²) in [6, 6.07) is 7.60. The third-order valence-electron chi connectivity index (χ3n) is 2.95. The van der Waals surface area contributed by atoms with Crippen molar-refractivity contribution in [2.24, 2.45) is 5.10 Å². The van der Waals surface area contributed by atoms with Crippen molar-refractivity contribution in [1.82, 2.24) is 9.99 Å². The number of nitrogens with one attached hydrogen (secondary N) is 1. The summed E-state index contributed by atoms with van der Waals surface area (Å²) in [6.07, 6.45) is -2.88. The van der Waals surface area contributed by atoms with Gasteiger partial charge in [0.2, 0.25) is 0 Å². The summed E-state index contributed by atoms with van der Waals surface area (Å²) >= 11 is 0. The Bertz CT molecular complexity index is 828. The molecule has 126 valence electrons. The minimum absolute atomic E-state index is 0.0513. The number of alkyl halides is 3. The fourth-order valence-corrected chi connectivity index (χ4v) is 1.78. The van der Waals surface area contributed by atoms with Gasteiger partial charge < -0.3 is 9.67 Å². The van der Waals surface area contributed by atoms with Gasteiger partial charge in [-0.05, 0) is 18.2 Å². The SMILES string of the molecule is O=C(Cn1cc(C(F)(F)F)ccc1=O)N/N=C\c1ccccc1O. The number of amides is 1. The van der Waals surface area contributed by atoms with Gasteiger partial charge >= 0.3 is 6.18 Å². The van der Waals surface area contributed by atoms with Gasteiger partial charge in [0, 0.05) is 17.8 Å². The van der Waals surface area contributed by atoms with Crippen molar-refractivity contribution in [2.75, 3.05) is 0 Å². The fourth-order valence-electron chi connectivity index (χ4n) is 1.78. The van der Waals surface area contributed by atoms with Gasteiger partial charge in [0.05, 0.1) is 11.8 Å². The van der Waals surface area contributed by atoms with Crippen LogP contribution >= 0.6 is 0 Å². The van der Waals surface area contributed by atoms with Crippen LogP contribution in [-0.4, -0.2) is 21.8 Å². The summed E-state index contributed by atoms with van der Waals surface area (Å²) in [7, 11) is 0. The van der Waals surface area contributed by atoms with Crippen LogP contribution in [0.4, 0.5) is 13.2 Å². The zero-order valence-electron chi connectivity index (χ0n) is 12.1. The van der Waals surface area contributed by atoms with Crippen molar-refractivity contribution >= 4 is 12.1 Å². The monoisotopic (exact) mass is 339 g/mol. The van der Waals surface area contributed by atoms with Crippen molar-refractivity contribution in [1.29, 1.82) is 0 Å². The molecule has 1 aromatic carbocycles. The molecule has 0 spiro atoms. The number of carbonyl (C=O) groups is 1. The molecule has 0 unspecified atom stereocenters. The number of para-hydroxylation sites is 1. The van der Waals surface area contributed by atoms with Gasteiger partial charge in [-0.1, -0.05) is 12.1 Å². The second-order valence-corrected chi connectivity index (χ2v) is 4.73. The highest BCUT2D eigenvalue weighted by molar-refractivity contribution is 5.84. The predicted octanol–water partition coefficient (Wildman–Crippen LogP) is 1.72. The number of hydrogen-bond acceptors (Lipinski definition) is 4. The number of phenols is 1. The van der Waals surface area contributed by atoms with Crippen LogP contribution in [0.15, 0.2) is 52.5 Å². The maximum absolute atomic E-state index is 12.6. The van der Waals surface area contributed by atoms with Gasteiger partial charge in [-0.25, -0.2) is 5.43 Å². The highest BCUT2D eigenvalue weighted by atomic mass is 19.4. The van der Waals surface area contributed by atoms with E-state index in [1.54, 1.807) is 18.2 Å². The largest absolute Gasteiger partial charge is 0.507 e. The number of aromatic hydroxyl groups is 1. The summed E-state index contributed by atoms with van der Waals surface area (Å²) in [6.45, 7) is -0.624. The average molecular weight is 339 g/mol. The van der Waals surface area contributed by atoms with Crippen molar-refractivity contribution in [3.63, 3.8) is 0 Å². The lowest BCUT2D eigenvalue weighted by atomic mass is 10.2. The van der Waals surface area contributed by atoms with E-state index in [1.807, 2.05) is 0 Å². The molecule has 0 fully saturated rings. The Labute approximate surface area is 133 Å². The molecule has 9 heteroatoms. The number of aromatic nitrogens is 1. The molecule has 2 N–H and O–H groups in total. The number of hydrogen-bond donors (Lipinski definition) is 2. The summed E-state index contributed by atoms with van der Waals surface area (Å²) in [5, 5.41) is 13.1. The molecule has 2 rings (SSSR count). The second kappa shape index (κ2) is 6.99. The number of hydrazone groups is 1. The summed E-state index contributed by atoms with van der Waals surface area (Å²) in [4.78, 5) is 23.2. The Kier molecular flexibility index (Phi) is 5.02. The summed E-state index contributed by atoms with van der Waals surface area (Å²) in [5.41, 5.74) is 0.630. The van der Waals surface area contributed by atoms with Crippen molar-refractivity contribution in [3.05, 3.63) is 64.1 Å². The fraction of sp³-hybridized carbons (Fsp3) is 0.133. The van der Waals surface area contributed by atoms with E-state index >= 15 is 0 Å². The number of nitrogens with zero attached hydrogens (tertiary/aromatic N) is 2. The zero-order valence-corrected chi connectivity index (χ0v) is 12.1. The minimum atomic E-state index is -4.62. The van der Waals surface area contributed by atoms with E-state index in [9.17, 15) is 27.9 Å². The lowest BCUT2D eigenvalue weighted by molar-refractivity contribution is -0.138. The first-order valence-corrected chi connectivity index (χ1v) is 6.65. The molecule has 0 saturated heterocycles. The van der Waals surface area contributed by atoms with Crippen molar-refractivity contribution in [3.8, 4) is 5.75 Å². The molecule has 6 nitrogen and oxygen atoms in total. The van der Waals surface area contributed by atoms with E-state index in [0.29, 0.717) is 22.4 Å². The smallest absolute Gasteiger partial charge is 0.417 e. The lowest BCUT2D eigenvalue weighted by Crippen LogP contribution is -2.30. The molecule has 0 aliphatic heterocycles. The number of phenolic OH excluding ortho intramolecular Hbond substituents is 1. The highest BCUT2D eigenvalue weighted by Gasteiger charge is 2.31. The molecule has 0 saturated carbocycles. The quantitative estimate of drug-likeness (QED) is 0.657. The normalized spacial score (nSPS) is 11.6. The topological polar surface area (TPSA) is 83.7 Å². The number of halogens is 3. The van der Waals surface area contributed by atoms with E-state index in [-0.39, 0.29) is 5.75 Å². The standard InChI is InChI=1S/C15H12F3N3O3/c16-15(17,18)11-5-6-14(24)21(8-11)9-13(23)20-19-7-10-3-1-2-4-12(10)22/h1-8,22H,9H2,(H,20,23)/b19-7-. The molecule has 0 bridgehead atoms. The molecule has 0 radical (unpaired) electrons. The first kappa shape index (κ1) is 17.3. The molecule has 2 aromatic rings. The van der Waals surface area contributed by atoms with Gasteiger partial charge in [0.15, 0.2) is 0 Å². The molecule has 24 heavy (non-hydrogen) atoms. The Morgan fingerprint density at radius 3 is 2.62 bits per heavy atom. The van der Waals surface area contributed by atoms with Crippen LogP contribution in [0.1, 0.15) is 11.1 Å². The molecular formula is C15H12F3N3O3. The number of carbonyl (C=O) groups excluding carboxylic acids is 1. The van der Waals surface area contributed by atoms with Crippen LogP contribution in [0.3, 0.4) is 0 Å². The first-order valence-electron chi connectivity index (χ1n) is 6.65. The predicted molar refractivity (Wildman–Crippen MR) is 79.5 cm³/mol. The average Bonchev–Trinajstić information content (AvgIpc) is 2.50. The Morgan fingerprint density at radius 1 is 1.25 bits per heavy atom. The minimum Gasteiger partial charge on any atom is -0.507 e. The molecule has 1 heterocycles. The van der Waals surface area contributed by atoms with Crippen LogP contribution in [0.25, 0.3) is 0 Å². The van der Waals surface area contributed by atoms with Crippen molar-refractivity contribution < 1.29 is 23.1 Å². The zero-order chi connectivity index (χ0) is 17.7. The molecule has 1 aromatic heterocycles. The van der Waals surface area contributed by atoms with Crippen LogP contribution in [0.5, 0.6) is 5.75 Å². The van der Waals surface area contributed by atoms with E-state index in [4.69, 9.17) is 0 Å².